The summed E-state index contributed by atoms with van der Waals surface area (Å²) >= 11 is 1.10. The molecule has 1 heterocycles. The van der Waals surface area contributed by atoms with Crippen LogP contribution in [0.4, 0.5) is 8.78 Å². The summed E-state index contributed by atoms with van der Waals surface area (Å²) in [5.74, 6) is -1.70. The number of amides is 1. The monoisotopic (exact) mass is 318 g/mol. The third-order valence-corrected chi connectivity index (χ3v) is 4.25. The van der Waals surface area contributed by atoms with Gasteiger partial charge in [0, 0.05) is 18.2 Å². The van der Waals surface area contributed by atoms with Crippen molar-refractivity contribution in [2.45, 2.75) is 13.5 Å². The molecule has 0 aliphatic heterocycles. The molecule has 0 spiro atoms. The first-order valence-corrected chi connectivity index (χ1v) is 7.54. The maximum absolute atomic E-state index is 14.0. The van der Waals surface area contributed by atoms with Crippen molar-refractivity contribution in [2.24, 2.45) is 4.99 Å². The molecule has 0 fully saturated rings. The van der Waals surface area contributed by atoms with Crippen LogP contribution in [0.15, 0.2) is 47.5 Å². The maximum Gasteiger partial charge on any atom is 0.279 e. The predicted molar refractivity (Wildman–Crippen MR) is 81.7 cm³/mol. The molecule has 0 atom stereocenters. The average molecular weight is 318 g/mol. The van der Waals surface area contributed by atoms with E-state index in [0.717, 1.165) is 17.4 Å². The molecule has 3 rings (SSSR count). The molecule has 0 bridgehead atoms. The molecule has 1 amide bonds. The van der Waals surface area contributed by atoms with E-state index in [1.165, 1.54) is 6.07 Å². The number of thiazole rings is 1. The SMILES string of the molecule is CCn1c(=NC(=O)c2ccccc2)sc2cc(F)cc(F)c21. The fraction of sp³-hybridized carbons (Fsp3) is 0.125. The van der Waals surface area contributed by atoms with Crippen molar-refractivity contribution in [2.75, 3.05) is 0 Å². The molecule has 3 aromatic rings. The molecule has 2 aromatic carbocycles. The van der Waals surface area contributed by atoms with E-state index in [1.807, 2.05) is 6.92 Å². The zero-order chi connectivity index (χ0) is 15.7. The van der Waals surface area contributed by atoms with Gasteiger partial charge in [-0.15, -0.1) is 0 Å². The molecular weight excluding hydrogens is 306 g/mol. The Bertz CT molecular complexity index is 913. The van der Waals surface area contributed by atoms with E-state index in [-0.39, 0.29) is 5.52 Å². The Morgan fingerprint density at radius 1 is 1.23 bits per heavy atom. The molecule has 6 heteroatoms. The van der Waals surface area contributed by atoms with Crippen LogP contribution in [0.1, 0.15) is 17.3 Å². The highest BCUT2D eigenvalue weighted by Crippen LogP contribution is 2.22. The number of hydrogen-bond donors (Lipinski definition) is 0. The number of rotatable bonds is 2. The van der Waals surface area contributed by atoms with E-state index in [1.54, 1.807) is 34.9 Å². The summed E-state index contributed by atoms with van der Waals surface area (Å²) in [5, 5.41) is 0. The van der Waals surface area contributed by atoms with Gasteiger partial charge in [-0.05, 0) is 25.1 Å². The van der Waals surface area contributed by atoms with Gasteiger partial charge in [-0.2, -0.15) is 4.99 Å². The van der Waals surface area contributed by atoms with Gasteiger partial charge in [0.15, 0.2) is 10.6 Å². The summed E-state index contributed by atoms with van der Waals surface area (Å²) in [4.78, 5) is 16.6. The quantitative estimate of drug-likeness (QED) is 0.709. The van der Waals surface area contributed by atoms with Gasteiger partial charge in [0.25, 0.3) is 5.91 Å². The lowest BCUT2D eigenvalue weighted by Gasteiger charge is -2.01. The molecule has 0 radical (unpaired) electrons. The lowest BCUT2D eigenvalue weighted by atomic mass is 10.2. The van der Waals surface area contributed by atoms with E-state index in [9.17, 15) is 13.6 Å². The predicted octanol–water partition coefficient (Wildman–Crippen LogP) is 3.74. The van der Waals surface area contributed by atoms with Crippen LogP contribution in [0.2, 0.25) is 0 Å². The Morgan fingerprint density at radius 3 is 2.64 bits per heavy atom. The summed E-state index contributed by atoms with van der Waals surface area (Å²) in [6, 6.07) is 10.7. The Balaban J connectivity index is 2.21. The molecule has 0 saturated carbocycles. The van der Waals surface area contributed by atoms with Crippen LogP contribution in [0.3, 0.4) is 0 Å². The number of hydrogen-bond acceptors (Lipinski definition) is 2. The summed E-state index contributed by atoms with van der Waals surface area (Å²) in [6.45, 7) is 2.25. The van der Waals surface area contributed by atoms with Crippen molar-refractivity contribution < 1.29 is 13.6 Å². The number of benzene rings is 2. The molecule has 3 nitrogen and oxygen atoms in total. The third kappa shape index (κ3) is 2.57. The van der Waals surface area contributed by atoms with E-state index in [4.69, 9.17) is 0 Å². The van der Waals surface area contributed by atoms with Crippen LogP contribution in [0.25, 0.3) is 10.2 Å². The van der Waals surface area contributed by atoms with Gasteiger partial charge in [-0.3, -0.25) is 4.79 Å². The first-order chi connectivity index (χ1) is 10.6. The minimum atomic E-state index is -0.651. The second kappa shape index (κ2) is 5.81. The fourth-order valence-corrected chi connectivity index (χ4v) is 3.37. The second-order valence-corrected chi connectivity index (χ2v) is 5.66. The molecule has 0 aliphatic carbocycles. The van der Waals surface area contributed by atoms with Gasteiger partial charge in [0.05, 0.1) is 10.2 Å². The summed E-state index contributed by atoms with van der Waals surface area (Å²) in [6.07, 6.45) is 0. The molecule has 0 saturated heterocycles. The molecule has 0 aliphatic rings. The Kier molecular flexibility index (Phi) is 3.85. The van der Waals surface area contributed by atoms with Crippen LogP contribution in [0.5, 0.6) is 0 Å². The number of nitrogens with zero attached hydrogens (tertiary/aromatic N) is 2. The molecule has 1 aromatic heterocycles. The van der Waals surface area contributed by atoms with E-state index in [2.05, 4.69) is 4.99 Å². The van der Waals surface area contributed by atoms with E-state index >= 15 is 0 Å². The van der Waals surface area contributed by atoms with Crippen molar-refractivity contribution in [1.82, 2.24) is 4.57 Å². The minimum absolute atomic E-state index is 0.272. The summed E-state index contributed by atoms with van der Waals surface area (Å²) in [5.41, 5.74) is 0.725. The largest absolute Gasteiger partial charge is 0.314 e. The summed E-state index contributed by atoms with van der Waals surface area (Å²) < 4.78 is 29.3. The van der Waals surface area contributed by atoms with Gasteiger partial charge >= 0.3 is 0 Å². The zero-order valence-corrected chi connectivity index (χ0v) is 12.5. The molecule has 22 heavy (non-hydrogen) atoms. The van der Waals surface area contributed by atoms with Crippen LogP contribution < -0.4 is 4.80 Å². The number of carbonyl (C=O) groups is 1. The lowest BCUT2D eigenvalue weighted by molar-refractivity contribution is 0.0998. The molecule has 0 N–H and O–H groups in total. The third-order valence-electron chi connectivity index (χ3n) is 3.23. The number of carbonyl (C=O) groups excluding carboxylic acids is 1. The Hall–Kier alpha value is -2.34. The van der Waals surface area contributed by atoms with Gasteiger partial charge in [-0.1, -0.05) is 29.5 Å². The maximum atomic E-state index is 14.0. The van der Waals surface area contributed by atoms with Crippen LogP contribution >= 0.6 is 11.3 Å². The molecule has 0 unspecified atom stereocenters. The van der Waals surface area contributed by atoms with Crippen molar-refractivity contribution in [1.29, 1.82) is 0 Å². The van der Waals surface area contributed by atoms with Crippen molar-refractivity contribution >= 4 is 27.5 Å². The van der Waals surface area contributed by atoms with Crippen molar-refractivity contribution in [3.63, 3.8) is 0 Å². The Morgan fingerprint density at radius 2 is 1.95 bits per heavy atom. The normalized spacial score (nSPS) is 12.0. The number of fused-ring (bicyclic) bond motifs is 1. The fourth-order valence-electron chi connectivity index (χ4n) is 2.24. The van der Waals surface area contributed by atoms with Crippen LogP contribution in [0, 0.1) is 11.6 Å². The van der Waals surface area contributed by atoms with Crippen LogP contribution in [-0.2, 0) is 6.54 Å². The minimum Gasteiger partial charge on any atom is -0.314 e. The van der Waals surface area contributed by atoms with Gasteiger partial charge < -0.3 is 4.57 Å². The van der Waals surface area contributed by atoms with Gasteiger partial charge in [0.2, 0.25) is 0 Å². The average Bonchev–Trinajstić information content (AvgIpc) is 2.85. The second-order valence-electron chi connectivity index (χ2n) is 4.65. The van der Waals surface area contributed by atoms with Crippen molar-refractivity contribution in [3.05, 3.63) is 64.5 Å². The Labute approximate surface area is 129 Å². The highest BCUT2D eigenvalue weighted by atomic mass is 32.1. The highest BCUT2D eigenvalue weighted by Gasteiger charge is 2.13. The highest BCUT2D eigenvalue weighted by molar-refractivity contribution is 7.16. The first kappa shape index (κ1) is 14.6. The van der Waals surface area contributed by atoms with Crippen LogP contribution in [-0.4, -0.2) is 10.5 Å². The first-order valence-electron chi connectivity index (χ1n) is 6.72. The standard InChI is InChI=1S/C16H12F2N2OS/c1-2-20-14-12(18)8-11(17)9-13(14)22-16(20)19-15(21)10-6-4-3-5-7-10/h3-9H,2H2,1H3. The topological polar surface area (TPSA) is 34.4 Å². The van der Waals surface area contributed by atoms with Gasteiger partial charge in [0.1, 0.15) is 5.82 Å². The van der Waals surface area contributed by atoms with Gasteiger partial charge in [-0.25, -0.2) is 8.78 Å². The molecule has 112 valence electrons. The lowest BCUT2D eigenvalue weighted by Crippen LogP contribution is -2.16. The number of aromatic nitrogens is 1. The number of aryl methyl sites for hydroxylation is 1. The summed E-state index contributed by atoms with van der Waals surface area (Å²) in [7, 11) is 0. The zero-order valence-electron chi connectivity index (χ0n) is 11.7. The van der Waals surface area contributed by atoms with E-state index in [0.29, 0.717) is 21.6 Å². The molecular formula is C16H12F2N2OS. The van der Waals surface area contributed by atoms with Crippen molar-refractivity contribution in [3.8, 4) is 0 Å². The number of halogens is 2. The van der Waals surface area contributed by atoms with E-state index < -0.39 is 17.5 Å². The smallest absolute Gasteiger partial charge is 0.279 e.